The molecule has 1 N–H and O–H groups in total. The van der Waals surface area contributed by atoms with Gasteiger partial charge in [-0.2, -0.15) is 13.2 Å². The van der Waals surface area contributed by atoms with Crippen molar-refractivity contribution in [2.75, 3.05) is 7.05 Å². The SMILES string of the molecule is CNC(c1ccc(C)c(Cl)c1)c1ccccc1C(F)(F)F. The average Bonchev–Trinajstić information content (AvgIpc) is 2.43. The molecule has 0 amide bonds. The van der Waals surface area contributed by atoms with E-state index in [4.69, 9.17) is 11.6 Å². The lowest BCUT2D eigenvalue weighted by molar-refractivity contribution is -0.138. The first-order chi connectivity index (χ1) is 9.84. The molecular weight excluding hydrogens is 299 g/mol. The molecule has 0 spiro atoms. The summed E-state index contributed by atoms with van der Waals surface area (Å²) in [5, 5.41) is 3.47. The van der Waals surface area contributed by atoms with Gasteiger partial charge in [-0.25, -0.2) is 0 Å². The summed E-state index contributed by atoms with van der Waals surface area (Å²) < 4.78 is 39.5. The molecule has 0 aliphatic heterocycles. The summed E-state index contributed by atoms with van der Waals surface area (Å²) in [6.07, 6.45) is -4.39. The summed E-state index contributed by atoms with van der Waals surface area (Å²) in [4.78, 5) is 0. The monoisotopic (exact) mass is 313 g/mol. The molecule has 1 atom stereocenters. The fraction of sp³-hybridized carbons (Fsp3) is 0.250. The highest BCUT2D eigenvalue weighted by Gasteiger charge is 2.35. The highest BCUT2D eigenvalue weighted by atomic mass is 35.5. The van der Waals surface area contributed by atoms with Crippen LogP contribution in [-0.4, -0.2) is 7.05 Å². The van der Waals surface area contributed by atoms with E-state index >= 15 is 0 Å². The molecule has 0 saturated heterocycles. The van der Waals surface area contributed by atoms with Gasteiger partial charge in [-0.3, -0.25) is 0 Å². The zero-order chi connectivity index (χ0) is 15.6. The topological polar surface area (TPSA) is 12.0 Å². The molecule has 0 fully saturated rings. The summed E-state index contributed by atoms with van der Waals surface area (Å²) in [7, 11) is 1.63. The van der Waals surface area contributed by atoms with Crippen LogP contribution in [0.5, 0.6) is 0 Å². The zero-order valence-electron chi connectivity index (χ0n) is 11.6. The Balaban J connectivity index is 2.54. The van der Waals surface area contributed by atoms with Crippen LogP contribution in [0, 0.1) is 6.92 Å². The molecule has 1 nitrogen and oxygen atoms in total. The standard InChI is InChI=1S/C16H15ClF3N/c1-10-7-8-11(9-14(10)17)15(21-2)12-5-3-4-6-13(12)16(18,19)20/h3-9,15,21H,1-2H3. The maximum atomic E-state index is 13.2. The van der Waals surface area contributed by atoms with Gasteiger partial charge in [-0.15, -0.1) is 0 Å². The van der Waals surface area contributed by atoms with Gasteiger partial charge in [0.15, 0.2) is 0 Å². The van der Waals surface area contributed by atoms with Gasteiger partial charge in [-0.1, -0.05) is 41.9 Å². The van der Waals surface area contributed by atoms with Crippen molar-refractivity contribution in [3.8, 4) is 0 Å². The van der Waals surface area contributed by atoms with E-state index in [2.05, 4.69) is 5.32 Å². The third-order valence-corrected chi connectivity index (χ3v) is 3.80. The van der Waals surface area contributed by atoms with Crippen molar-refractivity contribution < 1.29 is 13.2 Å². The van der Waals surface area contributed by atoms with E-state index in [0.29, 0.717) is 10.6 Å². The minimum atomic E-state index is -4.39. The molecule has 0 aliphatic rings. The molecular formula is C16H15ClF3N. The predicted octanol–water partition coefficient (Wildman–Crippen LogP) is 4.98. The van der Waals surface area contributed by atoms with Crippen LogP contribution in [0.3, 0.4) is 0 Å². The van der Waals surface area contributed by atoms with E-state index in [0.717, 1.165) is 11.6 Å². The van der Waals surface area contributed by atoms with Gasteiger partial charge in [-0.05, 0) is 42.8 Å². The molecule has 0 bridgehead atoms. The van der Waals surface area contributed by atoms with Crippen LogP contribution >= 0.6 is 11.6 Å². The Hall–Kier alpha value is -1.52. The zero-order valence-corrected chi connectivity index (χ0v) is 12.4. The van der Waals surface area contributed by atoms with Crippen LogP contribution < -0.4 is 5.32 Å². The molecule has 2 rings (SSSR count). The summed E-state index contributed by atoms with van der Waals surface area (Å²) in [6, 6.07) is 10.3. The van der Waals surface area contributed by atoms with Crippen molar-refractivity contribution >= 4 is 11.6 Å². The Labute approximate surface area is 126 Å². The second kappa shape index (κ2) is 6.08. The first-order valence-electron chi connectivity index (χ1n) is 6.44. The lowest BCUT2D eigenvalue weighted by atomic mass is 9.93. The van der Waals surface area contributed by atoms with E-state index in [1.807, 2.05) is 6.92 Å². The molecule has 2 aromatic carbocycles. The van der Waals surface area contributed by atoms with Gasteiger partial charge in [0.1, 0.15) is 0 Å². The summed E-state index contributed by atoms with van der Waals surface area (Å²) in [5.74, 6) is 0. The van der Waals surface area contributed by atoms with Crippen LogP contribution in [0.4, 0.5) is 13.2 Å². The summed E-state index contributed by atoms with van der Waals surface area (Å²) in [6.45, 7) is 1.85. The Morgan fingerprint density at radius 3 is 2.33 bits per heavy atom. The van der Waals surface area contributed by atoms with Crippen molar-refractivity contribution in [3.63, 3.8) is 0 Å². The number of hydrogen-bond acceptors (Lipinski definition) is 1. The minimum Gasteiger partial charge on any atom is -0.309 e. The molecule has 5 heteroatoms. The normalized spacial score (nSPS) is 13.2. The van der Waals surface area contributed by atoms with E-state index in [1.165, 1.54) is 12.1 Å². The van der Waals surface area contributed by atoms with Crippen LogP contribution in [0.2, 0.25) is 5.02 Å². The van der Waals surface area contributed by atoms with Gasteiger partial charge < -0.3 is 5.32 Å². The fourth-order valence-corrected chi connectivity index (χ4v) is 2.49. The van der Waals surface area contributed by atoms with Crippen LogP contribution in [-0.2, 0) is 6.18 Å². The van der Waals surface area contributed by atoms with Crippen LogP contribution in [0.15, 0.2) is 42.5 Å². The Morgan fingerprint density at radius 2 is 1.76 bits per heavy atom. The lowest BCUT2D eigenvalue weighted by Gasteiger charge is -2.22. The predicted molar refractivity (Wildman–Crippen MR) is 78.5 cm³/mol. The van der Waals surface area contributed by atoms with Gasteiger partial charge >= 0.3 is 6.18 Å². The van der Waals surface area contributed by atoms with E-state index in [-0.39, 0.29) is 5.56 Å². The maximum absolute atomic E-state index is 13.2. The number of hydrogen-bond donors (Lipinski definition) is 1. The molecule has 0 saturated carbocycles. The molecule has 21 heavy (non-hydrogen) atoms. The van der Waals surface area contributed by atoms with Crippen molar-refractivity contribution in [2.24, 2.45) is 0 Å². The smallest absolute Gasteiger partial charge is 0.309 e. The van der Waals surface area contributed by atoms with Gasteiger partial charge in [0, 0.05) is 5.02 Å². The molecule has 0 radical (unpaired) electrons. The third-order valence-electron chi connectivity index (χ3n) is 3.40. The Bertz CT molecular complexity index is 638. The van der Waals surface area contributed by atoms with Gasteiger partial charge in [0.25, 0.3) is 0 Å². The third kappa shape index (κ3) is 3.39. The number of alkyl halides is 3. The van der Waals surface area contributed by atoms with Gasteiger partial charge in [0.2, 0.25) is 0 Å². The summed E-state index contributed by atoms with van der Waals surface area (Å²) in [5.41, 5.74) is 1.14. The number of rotatable bonds is 3. The molecule has 0 heterocycles. The van der Waals surface area contributed by atoms with Crippen molar-refractivity contribution in [2.45, 2.75) is 19.1 Å². The fourth-order valence-electron chi connectivity index (χ4n) is 2.30. The van der Waals surface area contributed by atoms with Crippen LogP contribution in [0.25, 0.3) is 0 Å². The highest BCUT2D eigenvalue weighted by Crippen LogP contribution is 2.36. The first-order valence-corrected chi connectivity index (χ1v) is 6.82. The molecule has 112 valence electrons. The van der Waals surface area contributed by atoms with Crippen LogP contribution in [0.1, 0.15) is 28.3 Å². The molecule has 0 aliphatic carbocycles. The Kier molecular flexibility index (Phi) is 4.59. The first kappa shape index (κ1) is 15.9. The quantitative estimate of drug-likeness (QED) is 0.843. The van der Waals surface area contributed by atoms with Crippen molar-refractivity contribution in [3.05, 3.63) is 69.7 Å². The Morgan fingerprint density at radius 1 is 1.10 bits per heavy atom. The lowest BCUT2D eigenvalue weighted by Crippen LogP contribution is -2.22. The van der Waals surface area contributed by atoms with Gasteiger partial charge in [0.05, 0.1) is 11.6 Å². The number of benzene rings is 2. The summed E-state index contributed by atoms with van der Waals surface area (Å²) >= 11 is 6.08. The number of halogens is 4. The van der Waals surface area contributed by atoms with Crippen molar-refractivity contribution in [1.29, 1.82) is 0 Å². The largest absolute Gasteiger partial charge is 0.416 e. The van der Waals surface area contributed by atoms with E-state index in [1.54, 1.807) is 31.3 Å². The number of nitrogens with one attached hydrogen (secondary N) is 1. The molecule has 2 aromatic rings. The van der Waals surface area contributed by atoms with E-state index in [9.17, 15) is 13.2 Å². The highest BCUT2D eigenvalue weighted by molar-refractivity contribution is 6.31. The number of aryl methyl sites for hydroxylation is 1. The average molecular weight is 314 g/mol. The minimum absolute atomic E-state index is 0.187. The molecule has 1 unspecified atom stereocenters. The van der Waals surface area contributed by atoms with Crippen molar-refractivity contribution in [1.82, 2.24) is 5.32 Å². The maximum Gasteiger partial charge on any atom is 0.416 e. The van der Waals surface area contributed by atoms with E-state index < -0.39 is 17.8 Å². The molecule has 0 aromatic heterocycles. The second-order valence-corrected chi connectivity index (χ2v) is 5.22. The second-order valence-electron chi connectivity index (χ2n) is 4.82.